The van der Waals surface area contributed by atoms with Crippen LogP contribution in [0.3, 0.4) is 0 Å². The van der Waals surface area contributed by atoms with Crippen LogP contribution in [-0.2, 0) is 21.9 Å². The van der Waals surface area contributed by atoms with E-state index in [0.29, 0.717) is 11.3 Å². The molecule has 2 fully saturated rings. The van der Waals surface area contributed by atoms with Crippen LogP contribution < -0.4 is 0 Å². The summed E-state index contributed by atoms with van der Waals surface area (Å²) in [6, 6.07) is 10.8. The molecule has 4 rings (SSSR count). The maximum absolute atomic E-state index is 13.2. The number of hydrogen-bond acceptors (Lipinski definition) is 3. The van der Waals surface area contributed by atoms with Crippen LogP contribution in [0, 0.1) is 12.8 Å². The van der Waals surface area contributed by atoms with Gasteiger partial charge in [0.1, 0.15) is 5.78 Å². The second-order valence-corrected chi connectivity index (χ2v) is 9.36. The molecule has 0 N–H and O–H groups in total. The summed E-state index contributed by atoms with van der Waals surface area (Å²) in [6.07, 6.45) is 3.86. The maximum Gasteiger partial charge on any atom is 0.243 e. The Hall–Kier alpha value is -1.92. The van der Waals surface area contributed by atoms with Crippen molar-refractivity contribution in [1.82, 2.24) is 8.87 Å². The van der Waals surface area contributed by atoms with Gasteiger partial charge in [0.15, 0.2) is 0 Å². The third-order valence-electron chi connectivity index (χ3n) is 5.93. The molecule has 2 aliphatic rings. The first-order chi connectivity index (χ1) is 12.4. The highest BCUT2D eigenvalue weighted by Crippen LogP contribution is 2.46. The molecule has 1 aromatic carbocycles. The fraction of sp³-hybridized carbons (Fsp3) is 0.450. The van der Waals surface area contributed by atoms with Crippen molar-refractivity contribution in [3.63, 3.8) is 0 Å². The molecule has 0 amide bonds. The van der Waals surface area contributed by atoms with Crippen LogP contribution in [0.15, 0.2) is 47.5 Å². The van der Waals surface area contributed by atoms with Gasteiger partial charge in [0, 0.05) is 49.8 Å². The second-order valence-electron chi connectivity index (χ2n) is 7.47. The highest BCUT2D eigenvalue weighted by Gasteiger charge is 2.50. The van der Waals surface area contributed by atoms with Gasteiger partial charge in [-0.25, -0.2) is 8.42 Å². The molecule has 26 heavy (non-hydrogen) atoms. The van der Waals surface area contributed by atoms with Gasteiger partial charge in [-0.3, -0.25) is 4.79 Å². The maximum atomic E-state index is 13.2. The summed E-state index contributed by atoms with van der Waals surface area (Å²) in [5.74, 6) is 0.0650. The van der Waals surface area contributed by atoms with Crippen molar-refractivity contribution >= 4 is 15.8 Å². The molecular weight excluding hydrogens is 348 g/mol. The van der Waals surface area contributed by atoms with Crippen LogP contribution >= 0.6 is 0 Å². The van der Waals surface area contributed by atoms with Gasteiger partial charge in [-0.1, -0.05) is 17.7 Å². The molecule has 6 heteroatoms. The fourth-order valence-corrected chi connectivity index (χ4v) is 6.30. The van der Waals surface area contributed by atoms with Gasteiger partial charge < -0.3 is 4.57 Å². The van der Waals surface area contributed by atoms with E-state index in [9.17, 15) is 13.2 Å². The predicted octanol–water partition coefficient (Wildman–Crippen LogP) is 2.86. The minimum absolute atomic E-state index is 0.100. The molecule has 3 atom stereocenters. The number of carbonyl (C=O) groups excluding carboxylic acids is 1. The van der Waals surface area contributed by atoms with Crippen LogP contribution in [0.4, 0.5) is 0 Å². The van der Waals surface area contributed by atoms with Crippen LogP contribution in [0.2, 0.25) is 0 Å². The van der Waals surface area contributed by atoms with E-state index in [1.165, 1.54) is 0 Å². The third kappa shape index (κ3) is 2.72. The van der Waals surface area contributed by atoms with E-state index in [4.69, 9.17) is 0 Å². The predicted molar refractivity (Wildman–Crippen MR) is 99.4 cm³/mol. The van der Waals surface area contributed by atoms with Crippen molar-refractivity contribution in [2.45, 2.75) is 43.0 Å². The van der Waals surface area contributed by atoms with Crippen LogP contribution in [-0.4, -0.2) is 35.7 Å². The summed E-state index contributed by atoms with van der Waals surface area (Å²) in [7, 11) is -1.60. The number of Topliss-reactive ketones (excluding diaryl/α,β-unsaturated/α-hetero) is 1. The molecule has 1 saturated carbocycles. The van der Waals surface area contributed by atoms with Crippen molar-refractivity contribution in [3.05, 3.63) is 53.9 Å². The molecule has 0 radical (unpaired) electrons. The molecule has 1 aromatic heterocycles. The number of nitrogens with zero attached hydrogens (tertiary/aromatic N) is 2. The van der Waals surface area contributed by atoms with E-state index in [1.54, 1.807) is 16.4 Å². The van der Waals surface area contributed by atoms with Crippen molar-refractivity contribution in [1.29, 1.82) is 0 Å². The number of benzene rings is 1. The Labute approximate surface area is 154 Å². The zero-order valence-corrected chi connectivity index (χ0v) is 15.9. The molecule has 2 aromatic rings. The van der Waals surface area contributed by atoms with Crippen molar-refractivity contribution in [3.8, 4) is 0 Å². The molecule has 5 nitrogen and oxygen atoms in total. The normalized spacial score (nSPS) is 26.8. The average molecular weight is 372 g/mol. The number of aryl methyl sites for hydroxylation is 2. The summed E-state index contributed by atoms with van der Waals surface area (Å²) >= 11 is 0. The Kier molecular flexibility index (Phi) is 4.28. The quantitative estimate of drug-likeness (QED) is 0.832. The molecule has 0 unspecified atom stereocenters. The average Bonchev–Trinajstić information content (AvgIpc) is 3.22. The number of carbonyl (C=O) groups is 1. The van der Waals surface area contributed by atoms with E-state index in [0.717, 1.165) is 24.1 Å². The van der Waals surface area contributed by atoms with Crippen molar-refractivity contribution in [2.24, 2.45) is 13.0 Å². The lowest BCUT2D eigenvalue weighted by molar-refractivity contribution is -0.126. The van der Waals surface area contributed by atoms with E-state index >= 15 is 0 Å². The topological polar surface area (TPSA) is 59.4 Å². The highest BCUT2D eigenvalue weighted by atomic mass is 32.2. The lowest BCUT2D eigenvalue weighted by atomic mass is 9.84. The molecule has 138 valence electrons. The number of sulfonamides is 1. The van der Waals surface area contributed by atoms with Gasteiger partial charge in [0.25, 0.3) is 0 Å². The molecule has 0 bridgehead atoms. The van der Waals surface area contributed by atoms with Crippen LogP contribution in [0.5, 0.6) is 0 Å². The SMILES string of the molecule is Cc1ccc(S(=O)(=O)N2CCC(=O)[C@@H]3[C@H]2CC[C@H]3c2cccn2C)cc1. The first-order valence-electron chi connectivity index (χ1n) is 9.12. The minimum atomic E-state index is -3.58. The zero-order valence-electron chi connectivity index (χ0n) is 15.1. The minimum Gasteiger partial charge on any atom is -0.354 e. The number of piperidine rings is 1. The Bertz CT molecular complexity index is 930. The van der Waals surface area contributed by atoms with E-state index in [-0.39, 0.29) is 30.2 Å². The summed E-state index contributed by atoms with van der Waals surface area (Å²) in [5, 5.41) is 0. The largest absolute Gasteiger partial charge is 0.354 e. The molecule has 0 spiro atoms. The molecule has 2 heterocycles. The molecule has 1 aliphatic carbocycles. The summed E-state index contributed by atoms with van der Waals surface area (Å²) in [6.45, 7) is 2.23. The summed E-state index contributed by atoms with van der Waals surface area (Å²) in [5.41, 5.74) is 2.15. The van der Waals surface area contributed by atoms with Gasteiger partial charge in [0.2, 0.25) is 10.0 Å². The van der Waals surface area contributed by atoms with Gasteiger partial charge in [-0.05, 0) is 44.0 Å². The lowest BCUT2D eigenvalue weighted by Crippen LogP contribution is -2.50. The summed E-state index contributed by atoms with van der Waals surface area (Å²) in [4.78, 5) is 13.0. The molecule has 1 saturated heterocycles. The van der Waals surface area contributed by atoms with E-state index in [1.807, 2.05) is 49.0 Å². The highest BCUT2D eigenvalue weighted by molar-refractivity contribution is 7.89. The fourth-order valence-electron chi connectivity index (χ4n) is 4.63. The number of hydrogen-bond donors (Lipinski definition) is 0. The van der Waals surface area contributed by atoms with Crippen LogP contribution in [0.1, 0.15) is 36.4 Å². The van der Waals surface area contributed by atoms with Gasteiger partial charge in [-0.2, -0.15) is 4.31 Å². The first-order valence-corrected chi connectivity index (χ1v) is 10.6. The first kappa shape index (κ1) is 17.5. The lowest BCUT2D eigenvalue weighted by Gasteiger charge is -2.37. The number of ketones is 1. The van der Waals surface area contributed by atoms with E-state index < -0.39 is 10.0 Å². The number of fused-ring (bicyclic) bond motifs is 1. The monoisotopic (exact) mass is 372 g/mol. The standard InChI is InChI=1S/C20H24N2O3S/c1-14-5-7-15(8-6-14)26(24,25)22-13-11-19(23)20-16(9-10-18(20)22)17-4-3-12-21(17)2/h3-8,12,16,18,20H,9-11,13H2,1-2H3/t16-,18+,20-/m0/s1. The zero-order chi connectivity index (χ0) is 18.5. The van der Waals surface area contributed by atoms with Gasteiger partial charge in [0.05, 0.1) is 4.90 Å². The Morgan fingerprint density at radius 2 is 1.81 bits per heavy atom. The van der Waals surface area contributed by atoms with Crippen molar-refractivity contribution < 1.29 is 13.2 Å². The Morgan fingerprint density at radius 1 is 1.08 bits per heavy atom. The Balaban J connectivity index is 1.69. The van der Waals surface area contributed by atoms with Gasteiger partial charge in [-0.15, -0.1) is 0 Å². The number of rotatable bonds is 3. The summed E-state index contributed by atoms with van der Waals surface area (Å²) < 4.78 is 30.1. The number of aromatic nitrogens is 1. The van der Waals surface area contributed by atoms with E-state index in [2.05, 4.69) is 0 Å². The smallest absolute Gasteiger partial charge is 0.243 e. The van der Waals surface area contributed by atoms with Crippen LogP contribution in [0.25, 0.3) is 0 Å². The van der Waals surface area contributed by atoms with Crippen molar-refractivity contribution in [2.75, 3.05) is 6.54 Å². The Morgan fingerprint density at radius 3 is 2.46 bits per heavy atom. The molecular formula is C20H24N2O3S. The van der Waals surface area contributed by atoms with Gasteiger partial charge >= 0.3 is 0 Å². The molecule has 1 aliphatic heterocycles. The second kappa shape index (κ2) is 6.35. The third-order valence-corrected chi connectivity index (χ3v) is 7.87.